The van der Waals surface area contributed by atoms with E-state index in [0.717, 1.165) is 40.6 Å². The number of rotatable bonds is 2. The average molecular weight is 321 g/mol. The Balaban J connectivity index is 2.06. The fraction of sp³-hybridized carbons (Fsp3) is 0.400. The van der Waals surface area contributed by atoms with Crippen LogP contribution in [-0.2, 0) is 6.54 Å². The zero-order valence-electron chi connectivity index (χ0n) is 11.2. The van der Waals surface area contributed by atoms with E-state index in [9.17, 15) is 4.79 Å². The second-order valence-corrected chi connectivity index (χ2v) is 6.22. The molecule has 3 rings (SSSR count). The van der Waals surface area contributed by atoms with Gasteiger partial charge in [-0.05, 0) is 25.0 Å². The molecule has 1 aliphatic heterocycles. The van der Waals surface area contributed by atoms with Crippen molar-refractivity contribution in [3.8, 4) is 0 Å². The predicted octanol–water partition coefficient (Wildman–Crippen LogP) is 3.52. The lowest BCUT2D eigenvalue weighted by Crippen LogP contribution is -2.48. The number of hydrogen-bond donors (Lipinski definition) is 0. The summed E-state index contributed by atoms with van der Waals surface area (Å²) in [5.74, 6) is 0.801. The smallest absolute Gasteiger partial charge is 0.256 e. The highest BCUT2D eigenvalue weighted by Crippen LogP contribution is 2.28. The Hall–Kier alpha value is -1.29. The maximum atomic E-state index is 12.5. The number of aryl methyl sites for hydroxylation is 1. The monoisotopic (exact) mass is 320 g/mol. The SMILES string of the molecule is CCn1cc(C(=O)N2CC(C)C2)c2ccc(Br)cc21. The molecule has 1 aromatic heterocycles. The van der Waals surface area contributed by atoms with E-state index in [4.69, 9.17) is 0 Å². The summed E-state index contributed by atoms with van der Waals surface area (Å²) in [6, 6.07) is 6.11. The number of carbonyl (C=O) groups excluding carboxylic acids is 1. The lowest BCUT2D eigenvalue weighted by atomic mass is 10.0. The van der Waals surface area contributed by atoms with E-state index < -0.39 is 0 Å². The highest BCUT2D eigenvalue weighted by Gasteiger charge is 2.29. The molecule has 4 heteroatoms. The van der Waals surface area contributed by atoms with Crippen LogP contribution in [0.2, 0.25) is 0 Å². The number of likely N-dealkylation sites (tertiary alicyclic amines) is 1. The molecule has 1 amide bonds. The van der Waals surface area contributed by atoms with Gasteiger partial charge in [-0.1, -0.05) is 28.9 Å². The van der Waals surface area contributed by atoms with Gasteiger partial charge in [-0.3, -0.25) is 4.79 Å². The molecular formula is C15H17BrN2O. The summed E-state index contributed by atoms with van der Waals surface area (Å²) in [6.07, 6.45) is 1.99. The van der Waals surface area contributed by atoms with Crippen molar-refractivity contribution in [1.82, 2.24) is 9.47 Å². The highest BCUT2D eigenvalue weighted by atomic mass is 79.9. The molecule has 0 aliphatic carbocycles. The van der Waals surface area contributed by atoms with Gasteiger partial charge >= 0.3 is 0 Å². The number of nitrogens with zero attached hydrogens (tertiary/aromatic N) is 2. The normalized spacial score (nSPS) is 15.8. The third-order valence-electron chi connectivity index (χ3n) is 3.77. The van der Waals surface area contributed by atoms with Crippen LogP contribution < -0.4 is 0 Å². The first kappa shape index (κ1) is 12.7. The molecule has 1 aromatic carbocycles. The number of aromatic nitrogens is 1. The van der Waals surface area contributed by atoms with E-state index >= 15 is 0 Å². The van der Waals surface area contributed by atoms with Crippen molar-refractivity contribution in [2.75, 3.05) is 13.1 Å². The molecule has 0 spiro atoms. The first-order valence-corrected chi connectivity index (χ1v) is 7.47. The predicted molar refractivity (Wildman–Crippen MR) is 80.4 cm³/mol. The van der Waals surface area contributed by atoms with Crippen molar-refractivity contribution >= 4 is 32.7 Å². The summed E-state index contributed by atoms with van der Waals surface area (Å²) in [6.45, 7) is 6.91. The second kappa shape index (κ2) is 4.67. The third kappa shape index (κ3) is 2.08. The maximum Gasteiger partial charge on any atom is 0.256 e. The van der Waals surface area contributed by atoms with Crippen molar-refractivity contribution in [3.05, 3.63) is 34.4 Å². The van der Waals surface area contributed by atoms with Gasteiger partial charge in [-0.15, -0.1) is 0 Å². The van der Waals surface area contributed by atoms with Crippen LogP contribution >= 0.6 is 15.9 Å². The van der Waals surface area contributed by atoms with Crippen LogP contribution in [0.3, 0.4) is 0 Å². The molecule has 3 nitrogen and oxygen atoms in total. The van der Waals surface area contributed by atoms with E-state index in [2.05, 4.69) is 40.4 Å². The van der Waals surface area contributed by atoms with Crippen molar-refractivity contribution in [2.45, 2.75) is 20.4 Å². The second-order valence-electron chi connectivity index (χ2n) is 5.31. The molecule has 100 valence electrons. The maximum absolute atomic E-state index is 12.5. The lowest BCUT2D eigenvalue weighted by molar-refractivity contribution is 0.0532. The molecule has 1 aliphatic rings. The average Bonchev–Trinajstić information content (AvgIpc) is 2.72. The molecule has 1 fully saturated rings. The quantitative estimate of drug-likeness (QED) is 0.831. The number of halogens is 1. The van der Waals surface area contributed by atoms with Crippen LogP contribution in [0.5, 0.6) is 0 Å². The standard InChI is InChI=1S/C15H17BrN2O/c1-3-17-9-13(15(19)18-7-10(2)8-18)12-5-4-11(16)6-14(12)17/h4-6,9-10H,3,7-8H2,1-2H3. The first-order valence-electron chi connectivity index (χ1n) is 6.67. The molecule has 1 saturated heterocycles. The number of fused-ring (bicyclic) bond motifs is 1. The zero-order valence-corrected chi connectivity index (χ0v) is 12.8. The van der Waals surface area contributed by atoms with Gasteiger partial charge in [-0.2, -0.15) is 0 Å². The minimum Gasteiger partial charge on any atom is -0.347 e. The lowest BCUT2D eigenvalue weighted by Gasteiger charge is -2.37. The number of carbonyl (C=O) groups is 1. The van der Waals surface area contributed by atoms with E-state index in [1.807, 2.05) is 23.2 Å². The van der Waals surface area contributed by atoms with Gasteiger partial charge in [0.05, 0.1) is 5.56 Å². The van der Waals surface area contributed by atoms with E-state index in [1.165, 1.54) is 0 Å². The summed E-state index contributed by atoms with van der Waals surface area (Å²) in [4.78, 5) is 14.4. The van der Waals surface area contributed by atoms with E-state index in [1.54, 1.807) is 0 Å². The minimum absolute atomic E-state index is 0.164. The van der Waals surface area contributed by atoms with Crippen LogP contribution in [0, 0.1) is 5.92 Å². The number of hydrogen-bond acceptors (Lipinski definition) is 1. The Morgan fingerprint density at radius 2 is 2.16 bits per heavy atom. The van der Waals surface area contributed by atoms with Gasteiger partial charge in [-0.25, -0.2) is 0 Å². The van der Waals surface area contributed by atoms with Crippen LogP contribution in [0.25, 0.3) is 10.9 Å². The summed E-state index contributed by atoms with van der Waals surface area (Å²) in [5.41, 5.74) is 1.95. The number of amides is 1. The molecule has 0 N–H and O–H groups in total. The first-order chi connectivity index (χ1) is 9.10. The Labute approximate surface area is 121 Å². The van der Waals surface area contributed by atoms with Crippen molar-refractivity contribution < 1.29 is 4.79 Å². The Kier molecular flexibility index (Phi) is 3.13. The molecular weight excluding hydrogens is 304 g/mol. The van der Waals surface area contributed by atoms with Crippen LogP contribution in [0.15, 0.2) is 28.9 Å². The van der Waals surface area contributed by atoms with Crippen LogP contribution in [0.4, 0.5) is 0 Å². The van der Waals surface area contributed by atoms with Crippen molar-refractivity contribution in [2.24, 2.45) is 5.92 Å². The van der Waals surface area contributed by atoms with Crippen LogP contribution in [0.1, 0.15) is 24.2 Å². The Morgan fingerprint density at radius 1 is 1.42 bits per heavy atom. The van der Waals surface area contributed by atoms with Gasteiger partial charge in [0.2, 0.25) is 0 Å². The summed E-state index contributed by atoms with van der Waals surface area (Å²) in [5, 5.41) is 1.05. The highest BCUT2D eigenvalue weighted by molar-refractivity contribution is 9.10. The third-order valence-corrected chi connectivity index (χ3v) is 4.26. The zero-order chi connectivity index (χ0) is 13.6. The summed E-state index contributed by atoms with van der Waals surface area (Å²) in [7, 11) is 0. The van der Waals surface area contributed by atoms with E-state index in [0.29, 0.717) is 5.92 Å². The van der Waals surface area contributed by atoms with Crippen molar-refractivity contribution in [1.29, 1.82) is 0 Å². The van der Waals surface area contributed by atoms with Gasteiger partial charge in [0.1, 0.15) is 0 Å². The number of benzene rings is 1. The molecule has 0 bridgehead atoms. The van der Waals surface area contributed by atoms with Gasteiger partial charge < -0.3 is 9.47 Å². The summed E-state index contributed by atoms with van der Waals surface area (Å²) < 4.78 is 3.18. The van der Waals surface area contributed by atoms with Gasteiger partial charge in [0.15, 0.2) is 0 Å². The molecule has 2 heterocycles. The topological polar surface area (TPSA) is 25.2 Å². The van der Waals surface area contributed by atoms with Gasteiger partial charge in [0.25, 0.3) is 5.91 Å². The molecule has 0 unspecified atom stereocenters. The summed E-state index contributed by atoms with van der Waals surface area (Å²) >= 11 is 3.50. The fourth-order valence-corrected chi connectivity index (χ4v) is 3.08. The van der Waals surface area contributed by atoms with Gasteiger partial charge in [0, 0.05) is 41.2 Å². The molecule has 19 heavy (non-hydrogen) atoms. The van der Waals surface area contributed by atoms with Crippen molar-refractivity contribution in [3.63, 3.8) is 0 Å². The minimum atomic E-state index is 0.164. The van der Waals surface area contributed by atoms with E-state index in [-0.39, 0.29) is 5.91 Å². The fourth-order valence-electron chi connectivity index (χ4n) is 2.73. The van der Waals surface area contributed by atoms with Crippen LogP contribution in [-0.4, -0.2) is 28.5 Å². The molecule has 2 aromatic rings. The molecule has 0 saturated carbocycles. The Morgan fingerprint density at radius 3 is 2.79 bits per heavy atom. The molecule has 0 atom stereocenters. The molecule has 0 radical (unpaired) electrons. The largest absolute Gasteiger partial charge is 0.347 e. The Bertz CT molecular complexity index is 641.